The lowest BCUT2D eigenvalue weighted by Crippen LogP contribution is -2.42. The molecule has 1 aromatic rings. The summed E-state index contributed by atoms with van der Waals surface area (Å²) in [6.07, 6.45) is 3.64. The number of thiazole rings is 1. The Balaban J connectivity index is 2.43. The second kappa shape index (κ2) is 6.85. The molecular weight excluding hydrogens is 242 g/mol. The molecule has 1 rings (SSSR count). The minimum atomic E-state index is -1.02. The van der Waals surface area contributed by atoms with Crippen LogP contribution in [0.2, 0.25) is 0 Å². The van der Waals surface area contributed by atoms with Crippen LogP contribution < -0.4 is 10.6 Å². The maximum atomic E-state index is 11.5. The molecule has 1 heterocycles. The smallest absolute Gasteiger partial charge is 0.326 e. The molecule has 0 aliphatic heterocycles. The Hall–Kier alpha value is -1.63. The zero-order valence-electron chi connectivity index (χ0n) is 9.47. The number of aromatic nitrogens is 1. The highest BCUT2D eigenvalue weighted by atomic mass is 32.1. The first-order valence-electron chi connectivity index (χ1n) is 5.33. The van der Waals surface area contributed by atoms with Crippen LogP contribution in [0.3, 0.4) is 0 Å². The molecule has 3 N–H and O–H groups in total. The van der Waals surface area contributed by atoms with Crippen molar-refractivity contribution in [2.45, 2.75) is 32.2 Å². The van der Waals surface area contributed by atoms with Crippen molar-refractivity contribution < 1.29 is 14.7 Å². The number of carboxylic acids is 1. The van der Waals surface area contributed by atoms with E-state index >= 15 is 0 Å². The fourth-order valence-corrected chi connectivity index (χ4v) is 1.77. The number of aliphatic carboxylic acids is 1. The lowest BCUT2D eigenvalue weighted by atomic mass is 10.1. The highest BCUT2D eigenvalue weighted by Gasteiger charge is 2.19. The van der Waals surface area contributed by atoms with Crippen LogP contribution in [0.5, 0.6) is 0 Å². The number of rotatable bonds is 6. The van der Waals surface area contributed by atoms with Crippen molar-refractivity contribution in [3.63, 3.8) is 0 Å². The zero-order chi connectivity index (χ0) is 12.7. The predicted molar refractivity (Wildman–Crippen MR) is 65.2 cm³/mol. The molecule has 0 aliphatic carbocycles. The lowest BCUT2D eigenvalue weighted by molar-refractivity contribution is -0.139. The SMILES string of the molecule is CCCC[C@H](NC(=O)Nc1nccs1)C(=O)O. The van der Waals surface area contributed by atoms with Gasteiger partial charge in [0, 0.05) is 11.6 Å². The zero-order valence-corrected chi connectivity index (χ0v) is 10.3. The molecular formula is C10H15N3O3S. The molecule has 0 saturated heterocycles. The third kappa shape index (κ3) is 4.81. The van der Waals surface area contributed by atoms with Crippen LogP contribution in [0.1, 0.15) is 26.2 Å². The second-order valence-electron chi connectivity index (χ2n) is 3.47. The van der Waals surface area contributed by atoms with Gasteiger partial charge in [0.1, 0.15) is 6.04 Å². The number of nitrogens with zero attached hydrogens (tertiary/aromatic N) is 1. The Bertz CT molecular complexity index is 367. The van der Waals surface area contributed by atoms with Gasteiger partial charge >= 0.3 is 12.0 Å². The van der Waals surface area contributed by atoms with Crippen LogP contribution in [-0.2, 0) is 4.79 Å². The number of unbranched alkanes of at least 4 members (excludes halogenated alkanes) is 1. The molecule has 0 spiro atoms. The fraction of sp³-hybridized carbons (Fsp3) is 0.500. The Morgan fingerprint density at radius 1 is 1.59 bits per heavy atom. The first-order valence-corrected chi connectivity index (χ1v) is 6.21. The lowest BCUT2D eigenvalue weighted by Gasteiger charge is -2.13. The average molecular weight is 257 g/mol. The van der Waals surface area contributed by atoms with E-state index in [0.29, 0.717) is 11.6 Å². The van der Waals surface area contributed by atoms with E-state index in [1.54, 1.807) is 11.6 Å². The van der Waals surface area contributed by atoms with Crippen molar-refractivity contribution in [1.29, 1.82) is 0 Å². The van der Waals surface area contributed by atoms with Crippen LogP contribution in [0, 0.1) is 0 Å². The van der Waals surface area contributed by atoms with Gasteiger partial charge < -0.3 is 10.4 Å². The topological polar surface area (TPSA) is 91.3 Å². The molecule has 1 atom stereocenters. The molecule has 0 bridgehead atoms. The number of carbonyl (C=O) groups is 2. The number of urea groups is 1. The summed E-state index contributed by atoms with van der Waals surface area (Å²) < 4.78 is 0. The molecule has 0 fully saturated rings. The van der Waals surface area contributed by atoms with Crippen molar-refractivity contribution in [3.8, 4) is 0 Å². The Labute approximate surface area is 103 Å². The Morgan fingerprint density at radius 2 is 2.35 bits per heavy atom. The highest BCUT2D eigenvalue weighted by molar-refractivity contribution is 7.13. The summed E-state index contributed by atoms with van der Waals surface area (Å²) in [5.41, 5.74) is 0. The number of hydrogen-bond acceptors (Lipinski definition) is 4. The minimum absolute atomic E-state index is 0.428. The summed E-state index contributed by atoms with van der Waals surface area (Å²) in [6, 6.07) is -1.39. The van der Waals surface area contributed by atoms with Gasteiger partial charge in [0.05, 0.1) is 0 Å². The van der Waals surface area contributed by atoms with E-state index in [-0.39, 0.29) is 0 Å². The van der Waals surface area contributed by atoms with Gasteiger partial charge in [-0.05, 0) is 6.42 Å². The number of nitrogens with one attached hydrogen (secondary N) is 2. The molecule has 94 valence electrons. The number of hydrogen-bond donors (Lipinski definition) is 3. The van der Waals surface area contributed by atoms with Gasteiger partial charge in [0.15, 0.2) is 5.13 Å². The molecule has 2 amide bonds. The summed E-state index contributed by atoms with van der Waals surface area (Å²) >= 11 is 1.27. The van der Waals surface area contributed by atoms with E-state index in [1.165, 1.54) is 11.3 Å². The van der Waals surface area contributed by atoms with Crippen molar-refractivity contribution in [3.05, 3.63) is 11.6 Å². The summed E-state index contributed by atoms with van der Waals surface area (Å²) in [5, 5.41) is 16.0. The summed E-state index contributed by atoms with van der Waals surface area (Å²) in [5.74, 6) is -1.02. The maximum absolute atomic E-state index is 11.5. The van der Waals surface area contributed by atoms with Gasteiger partial charge in [0.2, 0.25) is 0 Å². The fourth-order valence-electron chi connectivity index (χ4n) is 1.24. The van der Waals surface area contributed by atoms with Crippen LogP contribution >= 0.6 is 11.3 Å². The summed E-state index contributed by atoms with van der Waals surface area (Å²) in [6.45, 7) is 1.97. The molecule has 0 aliphatic rings. The summed E-state index contributed by atoms with van der Waals surface area (Å²) in [7, 11) is 0. The molecule has 0 saturated carbocycles. The molecule has 7 heteroatoms. The van der Waals surface area contributed by atoms with Crippen molar-refractivity contribution in [1.82, 2.24) is 10.3 Å². The van der Waals surface area contributed by atoms with Gasteiger partial charge in [0.25, 0.3) is 0 Å². The van der Waals surface area contributed by atoms with Crippen LogP contribution in [0.4, 0.5) is 9.93 Å². The van der Waals surface area contributed by atoms with E-state index < -0.39 is 18.0 Å². The molecule has 6 nitrogen and oxygen atoms in total. The van der Waals surface area contributed by atoms with Crippen LogP contribution in [-0.4, -0.2) is 28.1 Å². The second-order valence-corrected chi connectivity index (χ2v) is 4.36. The normalized spacial score (nSPS) is 11.8. The van der Waals surface area contributed by atoms with Gasteiger partial charge in [-0.2, -0.15) is 0 Å². The number of carbonyl (C=O) groups excluding carboxylic acids is 1. The standard InChI is InChI=1S/C10H15N3O3S/c1-2-3-4-7(8(14)15)12-9(16)13-10-11-5-6-17-10/h5-7H,2-4H2,1H3,(H,14,15)(H2,11,12,13,16)/t7-/m0/s1. The quantitative estimate of drug-likeness (QED) is 0.726. The minimum Gasteiger partial charge on any atom is -0.480 e. The Morgan fingerprint density at radius 3 is 2.88 bits per heavy atom. The molecule has 0 unspecified atom stereocenters. The van der Waals surface area contributed by atoms with Crippen molar-refractivity contribution in [2.24, 2.45) is 0 Å². The van der Waals surface area contributed by atoms with E-state index in [0.717, 1.165) is 12.8 Å². The third-order valence-corrected chi connectivity index (χ3v) is 2.79. The largest absolute Gasteiger partial charge is 0.480 e. The van der Waals surface area contributed by atoms with Gasteiger partial charge in [-0.25, -0.2) is 14.6 Å². The van der Waals surface area contributed by atoms with E-state index in [1.807, 2.05) is 6.92 Å². The van der Waals surface area contributed by atoms with E-state index in [4.69, 9.17) is 5.11 Å². The molecule has 0 radical (unpaired) electrons. The van der Waals surface area contributed by atoms with Crippen molar-refractivity contribution >= 4 is 28.5 Å². The predicted octanol–water partition coefficient (Wildman–Crippen LogP) is 1.91. The van der Waals surface area contributed by atoms with Gasteiger partial charge in [-0.15, -0.1) is 11.3 Å². The van der Waals surface area contributed by atoms with E-state index in [9.17, 15) is 9.59 Å². The van der Waals surface area contributed by atoms with Gasteiger partial charge in [-0.3, -0.25) is 5.32 Å². The average Bonchev–Trinajstić information content (AvgIpc) is 2.76. The monoisotopic (exact) mass is 257 g/mol. The van der Waals surface area contributed by atoms with E-state index in [2.05, 4.69) is 15.6 Å². The Kier molecular flexibility index (Phi) is 5.41. The molecule has 17 heavy (non-hydrogen) atoms. The van der Waals surface area contributed by atoms with Crippen LogP contribution in [0.25, 0.3) is 0 Å². The highest BCUT2D eigenvalue weighted by Crippen LogP contribution is 2.10. The summed E-state index contributed by atoms with van der Waals surface area (Å²) in [4.78, 5) is 26.2. The van der Waals surface area contributed by atoms with Gasteiger partial charge in [-0.1, -0.05) is 19.8 Å². The van der Waals surface area contributed by atoms with Crippen molar-refractivity contribution in [2.75, 3.05) is 5.32 Å². The third-order valence-electron chi connectivity index (χ3n) is 2.10. The van der Waals surface area contributed by atoms with Crippen LogP contribution in [0.15, 0.2) is 11.6 Å². The first-order chi connectivity index (χ1) is 8.13. The number of amides is 2. The number of carboxylic acid groups (broad SMARTS) is 1. The maximum Gasteiger partial charge on any atom is 0.326 e. The molecule has 0 aromatic carbocycles. The number of anilines is 1. The molecule has 1 aromatic heterocycles. The first kappa shape index (κ1) is 13.4.